The smallest absolute Gasteiger partial charge is 0.160 e. The Bertz CT molecular complexity index is 1390. The van der Waals surface area contributed by atoms with E-state index < -0.39 is 0 Å². The fourth-order valence-corrected chi connectivity index (χ4v) is 4.40. The SMILES string of the molecule is C=C(/N=C(\N=C(/C)c1ccccc1)c1cc2c(cc1C)-c1ccccc1C2)c1ccccc1. The molecule has 2 nitrogen and oxygen atoms in total. The number of aliphatic imine (C=N–C) groups is 2. The first-order chi connectivity index (χ1) is 16.1. The molecular formula is C31H26N2. The monoisotopic (exact) mass is 426 g/mol. The molecule has 0 amide bonds. The molecule has 4 aromatic rings. The molecule has 0 unspecified atom stereocenters. The molecule has 0 heterocycles. The standard InChI is InChI=1S/C31H26N2/c1-21-18-30-27(19-26-16-10-11-17-28(26)30)20-29(21)31(32-22(2)24-12-6-4-7-13-24)33-23(3)25-14-8-5-9-15-25/h4-18,20H,2,19H2,1,3H3/b32-31-,33-23+. The molecule has 0 aliphatic heterocycles. The van der Waals surface area contributed by atoms with Crippen LogP contribution in [0.4, 0.5) is 0 Å². The van der Waals surface area contributed by atoms with Gasteiger partial charge < -0.3 is 0 Å². The summed E-state index contributed by atoms with van der Waals surface area (Å²) in [7, 11) is 0. The lowest BCUT2D eigenvalue weighted by molar-refractivity contribution is 1.25. The molecule has 0 radical (unpaired) electrons. The molecule has 0 atom stereocenters. The molecule has 160 valence electrons. The van der Waals surface area contributed by atoms with Crippen LogP contribution in [0.1, 0.15) is 40.3 Å². The fourth-order valence-electron chi connectivity index (χ4n) is 4.40. The summed E-state index contributed by atoms with van der Waals surface area (Å²) in [6.45, 7) is 8.43. The first-order valence-corrected chi connectivity index (χ1v) is 11.3. The first-order valence-electron chi connectivity index (χ1n) is 11.3. The van der Waals surface area contributed by atoms with E-state index >= 15 is 0 Å². The van der Waals surface area contributed by atoms with Crippen molar-refractivity contribution in [2.45, 2.75) is 20.3 Å². The second-order valence-electron chi connectivity index (χ2n) is 8.47. The van der Waals surface area contributed by atoms with Gasteiger partial charge in [0.15, 0.2) is 5.84 Å². The van der Waals surface area contributed by atoms with Crippen molar-refractivity contribution in [3.8, 4) is 11.1 Å². The van der Waals surface area contributed by atoms with Crippen molar-refractivity contribution >= 4 is 17.2 Å². The van der Waals surface area contributed by atoms with Gasteiger partial charge in [0.05, 0.1) is 5.70 Å². The van der Waals surface area contributed by atoms with Crippen LogP contribution in [0.2, 0.25) is 0 Å². The quantitative estimate of drug-likeness (QED) is 0.210. The van der Waals surface area contributed by atoms with Gasteiger partial charge in [-0.15, -0.1) is 0 Å². The second-order valence-corrected chi connectivity index (χ2v) is 8.47. The maximum atomic E-state index is 5.02. The van der Waals surface area contributed by atoms with E-state index in [1.807, 2.05) is 55.5 Å². The van der Waals surface area contributed by atoms with E-state index in [0.29, 0.717) is 11.5 Å². The van der Waals surface area contributed by atoms with Gasteiger partial charge in [0, 0.05) is 11.3 Å². The molecule has 0 spiro atoms. The fraction of sp³-hybridized carbons (Fsp3) is 0.0968. The van der Waals surface area contributed by atoms with Crippen molar-refractivity contribution in [2.75, 3.05) is 0 Å². The number of hydrogen-bond acceptors (Lipinski definition) is 1. The molecule has 5 rings (SSSR count). The van der Waals surface area contributed by atoms with Gasteiger partial charge >= 0.3 is 0 Å². The van der Waals surface area contributed by atoms with Gasteiger partial charge in [-0.05, 0) is 65.3 Å². The second kappa shape index (κ2) is 8.84. The lowest BCUT2D eigenvalue weighted by atomic mass is 9.98. The number of nitrogens with zero attached hydrogens (tertiary/aromatic N) is 2. The van der Waals surface area contributed by atoms with Gasteiger partial charge in [-0.25, -0.2) is 9.98 Å². The summed E-state index contributed by atoms with van der Waals surface area (Å²) >= 11 is 0. The average molecular weight is 427 g/mol. The Kier molecular flexibility index (Phi) is 5.58. The molecule has 2 heteroatoms. The topological polar surface area (TPSA) is 24.7 Å². The molecule has 0 aromatic heterocycles. The Morgan fingerprint density at radius 3 is 2.06 bits per heavy atom. The van der Waals surface area contributed by atoms with Crippen molar-refractivity contribution in [2.24, 2.45) is 9.98 Å². The Balaban J connectivity index is 1.63. The third-order valence-corrected chi connectivity index (χ3v) is 6.19. The van der Waals surface area contributed by atoms with Gasteiger partial charge in [-0.1, -0.05) is 97.6 Å². The third-order valence-electron chi connectivity index (χ3n) is 6.19. The van der Waals surface area contributed by atoms with Crippen LogP contribution >= 0.6 is 0 Å². The van der Waals surface area contributed by atoms with Crippen molar-refractivity contribution < 1.29 is 0 Å². The number of benzene rings is 4. The first kappa shape index (κ1) is 20.8. The van der Waals surface area contributed by atoms with Gasteiger partial charge in [-0.3, -0.25) is 0 Å². The number of hydrogen-bond donors (Lipinski definition) is 0. The van der Waals surface area contributed by atoms with Crippen LogP contribution in [0, 0.1) is 6.92 Å². The summed E-state index contributed by atoms with van der Waals surface area (Å²) in [4.78, 5) is 9.98. The van der Waals surface area contributed by atoms with E-state index in [1.165, 1.54) is 22.3 Å². The van der Waals surface area contributed by atoms with E-state index in [0.717, 1.165) is 34.4 Å². The summed E-state index contributed by atoms with van der Waals surface area (Å²) in [6, 6.07) is 33.5. The van der Waals surface area contributed by atoms with Crippen molar-refractivity contribution in [3.05, 3.63) is 137 Å². The van der Waals surface area contributed by atoms with E-state index in [1.54, 1.807) is 0 Å². The molecular weight excluding hydrogens is 400 g/mol. The molecule has 0 fully saturated rings. The molecule has 1 aliphatic rings. The normalized spacial score (nSPS) is 12.9. The maximum absolute atomic E-state index is 5.02. The minimum Gasteiger partial charge on any atom is -0.233 e. The van der Waals surface area contributed by atoms with Crippen LogP contribution in [0.25, 0.3) is 16.8 Å². The Hall–Kier alpha value is -4.04. The lowest BCUT2D eigenvalue weighted by Gasteiger charge is -2.12. The van der Waals surface area contributed by atoms with Crippen molar-refractivity contribution in [3.63, 3.8) is 0 Å². The summed E-state index contributed by atoms with van der Waals surface area (Å²) in [6.07, 6.45) is 0.938. The molecule has 0 saturated carbocycles. The van der Waals surface area contributed by atoms with Crippen LogP contribution in [0.3, 0.4) is 0 Å². The number of aryl methyl sites for hydroxylation is 1. The minimum atomic E-state index is 0.696. The van der Waals surface area contributed by atoms with E-state index in [2.05, 4.69) is 62.0 Å². The zero-order valence-corrected chi connectivity index (χ0v) is 19.0. The summed E-state index contributed by atoms with van der Waals surface area (Å²) in [5.41, 5.74) is 11.3. The van der Waals surface area contributed by atoms with E-state index in [-0.39, 0.29) is 0 Å². The highest BCUT2D eigenvalue weighted by Gasteiger charge is 2.21. The average Bonchev–Trinajstić information content (AvgIpc) is 3.21. The van der Waals surface area contributed by atoms with E-state index in [9.17, 15) is 0 Å². The Labute approximate surface area is 195 Å². The van der Waals surface area contributed by atoms with Gasteiger partial charge in [0.1, 0.15) is 0 Å². The molecule has 0 N–H and O–H groups in total. The third kappa shape index (κ3) is 4.20. The predicted octanol–water partition coefficient (Wildman–Crippen LogP) is 7.49. The Morgan fingerprint density at radius 2 is 1.33 bits per heavy atom. The van der Waals surface area contributed by atoms with Gasteiger partial charge in [0.25, 0.3) is 0 Å². The van der Waals surface area contributed by atoms with Crippen molar-refractivity contribution in [1.29, 1.82) is 0 Å². The highest BCUT2D eigenvalue weighted by molar-refractivity contribution is 6.13. The highest BCUT2D eigenvalue weighted by atomic mass is 14.9. The molecule has 1 aliphatic carbocycles. The largest absolute Gasteiger partial charge is 0.233 e. The van der Waals surface area contributed by atoms with Crippen LogP contribution in [-0.2, 0) is 6.42 Å². The maximum Gasteiger partial charge on any atom is 0.160 e. The molecule has 4 aromatic carbocycles. The highest BCUT2D eigenvalue weighted by Crippen LogP contribution is 2.38. The summed E-state index contributed by atoms with van der Waals surface area (Å²) < 4.78 is 0. The molecule has 0 bridgehead atoms. The number of fused-ring (bicyclic) bond motifs is 3. The molecule has 33 heavy (non-hydrogen) atoms. The Morgan fingerprint density at radius 1 is 0.697 bits per heavy atom. The van der Waals surface area contributed by atoms with Gasteiger partial charge in [0.2, 0.25) is 0 Å². The summed E-state index contributed by atoms with van der Waals surface area (Å²) in [5.74, 6) is 0.696. The van der Waals surface area contributed by atoms with Crippen LogP contribution in [-0.4, -0.2) is 11.5 Å². The van der Waals surface area contributed by atoms with Crippen LogP contribution < -0.4 is 0 Å². The number of rotatable bonds is 4. The predicted molar refractivity (Wildman–Crippen MR) is 140 cm³/mol. The zero-order valence-electron chi connectivity index (χ0n) is 19.0. The zero-order chi connectivity index (χ0) is 22.8. The number of amidine groups is 1. The van der Waals surface area contributed by atoms with Gasteiger partial charge in [-0.2, -0.15) is 0 Å². The molecule has 0 saturated heterocycles. The van der Waals surface area contributed by atoms with Crippen LogP contribution in [0.15, 0.2) is 114 Å². The van der Waals surface area contributed by atoms with E-state index in [4.69, 9.17) is 9.98 Å². The minimum absolute atomic E-state index is 0.696. The van der Waals surface area contributed by atoms with Crippen LogP contribution in [0.5, 0.6) is 0 Å². The summed E-state index contributed by atoms with van der Waals surface area (Å²) in [5, 5.41) is 0. The lowest BCUT2D eigenvalue weighted by Crippen LogP contribution is -2.07. The van der Waals surface area contributed by atoms with Crippen molar-refractivity contribution in [1.82, 2.24) is 0 Å².